The molecule has 0 aliphatic carbocycles. The van der Waals surface area contributed by atoms with Crippen LogP contribution in [0.5, 0.6) is 23.0 Å². The van der Waals surface area contributed by atoms with E-state index in [0.29, 0.717) is 33.9 Å². The molecule has 3 rings (SSSR count). The van der Waals surface area contributed by atoms with Crippen LogP contribution in [0.15, 0.2) is 41.6 Å². The Hall–Kier alpha value is -3.40. The van der Waals surface area contributed by atoms with Gasteiger partial charge in [-0.2, -0.15) is 0 Å². The van der Waals surface area contributed by atoms with Crippen molar-refractivity contribution in [2.45, 2.75) is 5.16 Å². The predicted molar refractivity (Wildman–Crippen MR) is 118 cm³/mol. The summed E-state index contributed by atoms with van der Waals surface area (Å²) >= 11 is 1.29. The largest absolute Gasteiger partial charge is 0.497 e. The molecule has 9 nitrogen and oxygen atoms in total. The smallest absolute Gasteiger partial charge is 0.234 e. The molecule has 0 saturated heterocycles. The molecule has 0 fully saturated rings. The van der Waals surface area contributed by atoms with Gasteiger partial charge in [-0.1, -0.05) is 11.8 Å². The second kappa shape index (κ2) is 10.1. The minimum absolute atomic E-state index is 0.146. The average Bonchev–Trinajstić information content (AvgIpc) is 3.17. The normalized spacial score (nSPS) is 10.5. The Morgan fingerprint density at radius 2 is 1.61 bits per heavy atom. The lowest BCUT2D eigenvalue weighted by Crippen LogP contribution is -2.14. The van der Waals surface area contributed by atoms with Gasteiger partial charge in [0, 0.05) is 18.3 Å². The number of nitrogens with one attached hydrogen (secondary N) is 1. The summed E-state index contributed by atoms with van der Waals surface area (Å²) in [7, 11) is 8.09. The Kier molecular flexibility index (Phi) is 7.24. The number of benzene rings is 2. The summed E-state index contributed by atoms with van der Waals surface area (Å²) in [6.45, 7) is 0. The molecule has 0 aliphatic rings. The first-order chi connectivity index (χ1) is 15.0. The van der Waals surface area contributed by atoms with Crippen LogP contribution in [-0.4, -0.2) is 54.9 Å². The third-order valence-corrected chi connectivity index (χ3v) is 5.48. The van der Waals surface area contributed by atoms with E-state index < -0.39 is 0 Å². The maximum absolute atomic E-state index is 12.3. The van der Waals surface area contributed by atoms with Crippen molar-refractivity contribution in [1.29, 1.82) is 0 Å². The first-order valence-electron chi connectivity index (χ1n) is 9.27. The van der Waals surface area contributed by atoms with Gasteiger partial charge < -0.3 is 28.8 Å². The number of aromatic nitrogens is 3. The molecule has 0 aliphatic heterocycles. The molecule has 1 heterocycles. The van der Waals surface area contributed by atoms with Gasteiger partial charge in [-0.05, 0) is 36.4 Å². The second-order valence-corrected chi connectivity index (χ2v) is 7.29. The van der Waals surface area contributed by atoms with Crippen molar-refractivity contribution >= 4 is 23.4 Å². The molecule has 2 aromatic carbocycles. The SMILES string of the molecule is COc1ccc(NC(=O)CSc2nnc(-c3cc(OC)c(OC)c(OC)c3)n2C)cc1. The van der Waals surface area contributed by atoms with E-state index in [-0.39, 0.29) is 11.7 Å². The van der Waals surface area contributed by atoms with Crippen molar-refractivity contribution in [3.63, 3.8) is 0 Å². The summed E-state index contributed by atoms with van der Waals surface area (Å²) in [4.78, 5) is 12.3. The number of methoxy groups -OCH3 is 4. The Bertz CT molecular complexity index is 1030. The Morgan fingerprint density at radius 1 is 0.968 bits per heavy atom. The highest BCUT2D eigenvalue weighted by Gasteiger charge is 2.18. The molecule has 0 atom stereocenters. The van der Waals surface area contributed by atoms with E-state index in [2.05, 4.69) is 15.5 Å². The van der Waals surface area contributed by atoms with Gasteiger partial charge in [0.1, 0.15) is 5.75 Å². The Balaban J connectivity index is 1.72. The number of anilines is 1. The van der Waals surface area contributed by atoms with Crippen molar-refractivity contribution in [3.05, 3.63) is 36.4 Å². The van der Waals surface area contributed by atoms with E-state index in [4.69, 9.17) is 18.9 Å². The molecule has 0 radical (unpaired) electrons. The molecule has 3 aromatic rings. The van der Waals surface area contributed by atoms with Crippen LogP contribution in [-0.2, 0) is 11.8 Å². The fraction of sp³-hybridized carbons (Fsp3) is 0.286. The first-order valence-corrected chi connectivity index (χ1v) is 10.3. The van der Waals surface area contributed by atoms with E-state index >= 15 is 0 Å². The highest BCUT2D eigenvalue weighted by Crippen LogP contribution is 2.41. The van der Waals surface area contributed by atoms with E-state index in [9.17, 15) is 4.79 Å². The summed E-state index contributed by atoms with van der Waals surface area (Å²) in [6, 6.07) is 10.7. The average molecular weight is 445 g/mol. The van der Waals surface area contributed by atoms with Gasteiger partial charge in [0.05, 0.1) is 34.2 Å². The van der Waals surface area contributed by atoms with Crippen molar-refractivity contribution in [1.82, 2.24) is 14.8 Å². The van der Waals surface area contributed by atoms with Crippen molar-refractivity contribution < 1.29 is 23.7 Å². The van der Waals surface area contributed by atoms with Gasteiger partial charge in [-0.3, -0.25) is 4.79 Å². The van der Waals surface area contributed by atoms with Gasteiger partial charge in [-0.25, -0.2) is 0 Å². The lowest BCUT2D eigenvalue weighted by Gasteiger charge is -2.14. The van der Waals surface area contributed by atoms with Crippen LogP contribution in [0, 0.1) is 0 Å². The predicted octanol–water partition coefficient (Wildman–Crippen LogP) is 3.25. The maximum Gasteiger partial charge on any atom is 0.234 e. The highest BCUT2D eigenvalue weighted by atomic mass is 32.2. The number of carbonyl (C=O) groups excluding carboxylic acids is 1. The van der Waals surface area contributed by atoms with Crippen LogP contribution in [0.3, 0.4) is 0 Å². The monoisotopic (exact) mass is 444 g/mol. The standard InChI is InChI=1S/C21H24N4O5S/c1-25-20(13-10-16(28-3)19(30-5)17(11-13)29-4)23-24-21(25)31-12-18(26)22-14-6-8-15(27-2)9-7-14/h6-11H,12H2,1-5H3,(H,22,26). The maximum atomic E-state index is 12.3. The van der Waals surface area contributed by atoms with Gasteiger partial charge in [0.25, 0.3) is 0 Å². The van der Waals surface area contributed by atoms with Crippen LogP contribution < -0.4 is 24.3 Å². The number of ether oxygens (including phenoxy) is 4. The Labute approximate surface area is 184 Å². The van der Waals surface area contributed by atoms with Gasteiger partial charge in [0.15, 0.2) is 22.5 Å². The number of thioether (sulfide) groups is 1. The van der Waals surface area contributed by atoms with Gasteiger partial charge in [-0.15, -0.1) is 10.2 Å². The first kappa shape index (κ1) is 22.3. The zero-order chi connectivity index (χ0) is 22.4. The molecule has 0 bridgehead atoms. The van der Waals surface area contributed by atoms with Crippen molar-refractivity contribution in [2.75, 3.05) is 39.5 Å². The summed E-state index contributed by atoms with van der Waals surface area (Å²) in [5.41, 5.74) is 1.45. The van der Waals surface area contributed by atoms with E-state index in [1.165, 1.54) is 11.8 Å². The van der Waals surface area contributed by atoms with Crippen LogP contribution in [0.1, 0.15) is 0 Å². The number of nitrogens with zero attached hydrogens (tertiary/aromatic N) is 3. The highest BCUT2D eigenvalue weighted by molar-refractivity contribution is 7.99. The lowest BCUT2D eigenvalue weighted by atomic mass is 10.1. The molecule has 10 heteroatoms. The second-order valence-electron chi connectivity index (χ2n) is 6.34. The summed E-state index contributed by atoms with van der Waals surface area (Å²) in [5, 5.41) is 11.9. The number of hydrogen-bond acceptors (Lipinski definition) is 8. The quantitative estimate of drug-likeness (QED) is 0.503. The number of hydrogen-bond donors (Lipinski definition) is 1. The van der Waals surface area contributed by atoms with Crippen molar-refractivity contribution in [3.8, 4) is 34.4 Å². The van der Waals surface area contributed by atoms with Crippen molar-refractivity contribution in [2.24, 2.45) is 7.05 Å². The molecule has 0 saturated carbocycles. The zero-order valence-electron chi connectivity index (χ0n) is 18.0. The molecule has 164 valence electrons. The fourth-order valence-electron chi connectivity index (χ4n) is 2.90. The lowest BCUT2D eigenvalue weighted by molar-refractivity contribution is -0.113. The molecule has 1 aromatic heterocycles. The van der Waals surface area contributed by atoms with Gasteiger partial charge in [0.2, 0.25) is 11.7 Å². The van der Waals surface area contributed by atoms with E-state index in [0.717, 1.165) is 11.3 Å². The molecular weight excluding hydrogens is 420 g/mol. The van der Waals surface area contributed by atoms with Gasteiger partial charge >= 0.3 is 0 Å². The molecular formula is C21H24N4O5S. The topological polar surface area (TPSA) is 96.7 Å². The van der Waals surface area contributed by atoms with Crippen LogP contribution in [0.25, 0.3) is 11.4 Å². The summed E-state index contributed by atoms with van der Waals surface area (Å²) < 4.78 is 23.1. The minimum atomic E-state index is -0.146. The molecule has 31 heavy (non-hydrogen) atoms. The summed E-state index contributed by atoms with van der Waals surface area (Å²) in [5.74, 6) is 2.92. The Morgan fingerprint density at radius 3 is 2.16 bits per heavy atom. The minimum Gasteiger partial charge on any atom is -0.497 e. The third kappa shape index (κ3) is 5.02. The fourth-order valence-corrected chi connectivity index (χ4v) is 3.61. The zero-order valence-corrected chi connectivity index (χ0v) is 18.8. The van der Waals surface area contributed by atoms with Crippen LogP contribution in [0.2, 0.25) is 0 Å². The van der Waals surface area contributed by atoms with E-state index in [1.807, 2.05) is 11.6 Å². The molecule has 1 amide bonds. The van der Waals surface area contributed by atoms with Crippen LogP contribution in [0.4, 0.5) is 5.69 Å². The molecule has 0 unspecified atom stereocenters. The number of rotatable bonds is 9. The number of carbonyl (C=O) groups is 1. The third-order valence-electron chi connectivity index (χ3n) is 4.46. The van der Waals surface area contributed by atoms with Crippen LogP contribution >= 0.6 is 11.8 Å². The molecule has 1 N–H and O–H groups in total. The number of amides is 1. The van der Waals surface area contributed by atoms with E-state index in [1.54, 1.807) is 64.8 Å². The molecule has 0 spiro atoms. The summed E-state index contributed by atoms with van der Waals surface area (Å²) in [6.07, 6.45) is 0.